The Kier molecular flexibility index (Phi) is 8.67. The number of rotatable bonds is 9. The van der Waals surface area contributed by atoms with Crippen molar-refractivity contribution in [2.45, 2.75) is 52.2 Å². The van der Waals surface area contributed by atoms with Crippen LogP contribution in [0.25, 0.3) is 0 Å². The summed E-state index contributed by atoms with van der Waals surface area (Å²) in [6.45, 7) is 6.19. The molecule has 2 amide bonds. The zero-order valence-electron chi connectivity index (χ0n) is 19.4. The summed E-state index contributed by atoms with van der Waals surface area (Å²) < 4.78 is 0. The zero-order valence-corrected chi connectivity index (χ0v) is 20.2. The quantitative estimate of drug-likeness (QED) is 0.465. The largest absolute Gasteiger partial charge is 0.352 e. The first-order valence-electron chi connectivity index (χ1n) is 11.3. The predicted molar refractivity (Wildman–Crippen MR) is 134 cm³/mol. The van der Waals surface area contributed by atoms with Crippen LogP contribution in [0.3, 0.4) is 0 Å². The van der Waals surface area contributed by atoms with Crippen molar-refractivity contribution in [1.29, 1.82) is 0 Å². The fourth-order valence-corrected chi connectivity index (χ4v) is 3.83. The van der Waals surface area contributed by atoms with Crippen LogP contribution in [0.15, 0.2) is 78.9 Å². The molecule has 172 valence electrons. The van der Waals surface area contributed by atoms with Crippen molar-refractivity contribution in [3.05, 3.63) is 106 Å². The van der Waals surface area contributed by atoms with Gasteiger partial charge in [0.2, 0.25) is 11.8 Å². The smallest absolute Gasteiger partial charge is 0.243 e. The lowest BCUT2D eigenvalue weighted by Gasteiger charge is -2.32. The highest BCUT2D eigenvalue weighted by Crippen LogP contribution is 2.18. The summed E-state index contributed by atoms with van der Waals surface area (Å²) >= 11 is 6.06. The van der Waals surface area contributed by atoms with Crippen molar-refractivity contribution in [3.63, 3.8) is 0 Å². The van der Waals surface area contributed by atoms with Gasteiger partial charge in [0.05, 0.1) is 6.42 Å². The highest BCUT2D eigenvalue weighted by molar-refractivity contribution is 6.30. The minimum Gasteiger partial charge on any atom is -0.352 e. The first-order valence-corrected chi connectivity index (χ1v) is 11.6. The molecule has 3 rings (SSSR count). The summed E-state index contributed by atoms with van der Waals surface area (Å²) in [6, 6.07) is 24.5. The Labute approximate surface area is 201 Å². The maximum absolute atomic E-state index is 13.6. The van der Waals surface area contributed by atoms with Crippen LogP contribution in [0, 0.1) is 6.92 Å². The number of aryl methyl sites for hydroxylation is 1. The molecule has 0 saturated heterocycles. The number of hydrogen-bond donors (Lipinski definition) is 1. The van der Waals surface area contributed by atoms with Gasteiger partial charge in [0, 0.05) is 24.0 Å². The normalized spacial score (nSPS) is 11.8. The number of nitrogens with one attached hydrogen (secondary N) is 1. The molecule has 0 aliphatic heterocycles. The van der Waals surface area contributed by atoms with E-state index in [1.165, 1.54) is 0 Å². The Morgan fingerprint density at radius 3 is 2.06 bits per heavy atom. The van der Waals surface area contributed by atoms with Gasteiger partial charge in [-0.15, -0.1) is 0 Å². The first-order chi connectivity index (χ1) is 15.8. The zero-order chi connectivity index (χ0) is 23.8. The van der Waals surface area contributed by atoms with E-state index in [9.17, 15) is 9.59 Å². The number of hydrogen-bond acceptors (Lipinski definition) is 2. The molecule has 0 radical (unpaired) electrons. The van der Waals surface area contributed by atoms with E-state index < -0.39 is 6.04 Å². The van der Waals surface area contributed by atoms with E-state index in [0.717, 1.165) is 22.3 Å². The molecule has 5 heteroatoms. The molecule has 0 saturated carbocycles. The molecular formula is C28H31ClN2O2. The van der Waals surface area contributed by atoms with Crippen LogP contribution in [0.5, 0.6) is 0 Å². The average Bonchev–Trinajstić information content (AvgIpc) is 2.79. The third-order valence-electron chi connectivity index (χ3n) is 5.44. The summed E-state index contributed by atoms with van der Waals surface area (Å²) in [7, 11) is 0. The molecule has 4 nitrogen and oxygen atoms in total. The van der Waals surface area contributed by atoms with E-state index in [2.05, 4.69) is 5.32 Å². The maximum atomic E-state index is 13.6. The highest BCUT2D eigenvalue weighted by Gasteiger charge is 2.30. The number of carbonyl (C=O) groups excluding carboxylic acids is 2. The van der Waals surface area contributed by atoms with E-state index in [1.54, 1.807) is 17.0 Å². The Morgan fingerprint density at radius 2 is 1.45 bits per heavy atom. The van der Waals surface area contributed by atoms with Crippen molar-refractivity contribution in [1.82, 2.24) is 10.2 Å². The minimum atomic E-state index is -0.636. The van der Waals surface area contributed by atoms with Gasteiger partial charge < -0.3 is 10.2 Å². The second-order valence-electron chi connectivity index (χ2n) is 8.68. The summed E-state index contributed by atoms with van der Waals surface area (Å²) in [5, 5.41) is 3.64. The lowest BCUT2D eigenvalue weighted by molar-refractivity contribution is -0.141. The van der Waals surface area contributed by atoms with Crippen LogP contribution < -0.4 is 5.32 Å². The van der Waals surface area contributed by atoms with Crippen LogP contribution in [0.4, 0.5) is 0 Å². The molecule has 0 bridgehead atoms. The number of amides is 2. The molecule has 0 spiro atoms. The number of carbonyl (C=O) groups is 2. The molecule has 33 heavy (non-hydrogen) atoms. The second kappa shape index (κ2) is 11.7. The van der Waals surface area contributed by atoms with Crippen LogP contribution in [0.2, 0.25) is 5.02 Å². The van der Waals surface area contributed by atoms with Gasteiger partial charge in [0.25, 0.3) is 0 Å². The van der Waals surface area contributed by atoms with Gasteiger partial charge in [0.1, 0.15) is 6.04 Å². The van der Waals surface area contributed by atoms with Crippen LogP contribution in [-0.4, -0.2) is 28.8 Å². The molecular weight excluding hydrogens is 432 g/mol. The van der Waals surface area contributed by atoms with Crippen molar-refractivity contribution in [2.24, 2.45) is 0 Å². The van der Waals surface area contributed by atoms with Crippen molar-refractivity contribution in [2.75, 3.05) is 0 Å². The van der Waals surface area contributed by atoms with E-state index in [-0.39, 0.29) is 24.3 Å². The van der Waals surface area contributed by atoms with Gasteiger partial charge in [-0.05, 0) is 49.6 Å². The average molecular weight is 463 g/mol. The van der Waals surface area contributed by atoms with Crippen LogP contribution in [-0.2, 0) is 29.0 Å². The number of nitrogens with zero attached hydrogens (tertiary/aromatic N) is 1. The lowest BCUT2D eigenvalue weighted by Crippen LogP contribution is -2.52. The second-order valence-corrected chi connectivity index (χ2v) is 9.12. The van der Waals surface area contributed by atoms with Crippen molar-refractivity contribution < 1.29 is 9.59 Å². The Balaban J connectivity index is 1.95. The first kappa shape index (κ1) is 24.5. The number of benzene rings is 3. The van der Waals surface area contributed by atoms with Gasteiger partial charge in [-0.3, -0.25) is 9.59 Å². The maximum Gasteiger partial charge on any atom is 0.243 e. The lowest BCUT2D eigenvalue weighted by atomic mass is 10.0. The molecule has 3 aromatic carbocycles. The number of halogens is 1. The Morgan fingerprint density at radius 1 is 0.848 bits per heavy atom. The van der Waals surface area contributed by atoms with E-state index in [4.69, 9.17) is 11.6 Å². The summed E-state index contributed by atoms with van der Waals surface area (Å²) in [6.07, 6.45) is 0.667. The molecule has 0 fully saturated rings. The molecule has 0 unspecified atom stereocenters. The highest BCUT2D eigenvalue weighted by atomic mass is 35.5. The fraction of sp³-hybridized carbons (Fsp3) is 0.286. The van der Waals surface area contributed by atoms with Gasteiger partial charge in [0.15, 0.2) is 0 Å². The van der Waals surface area contributed by atoms with Gasteiger partial charge in [-0.25, -0.2) is 0 Å². The summed E-state index contributed by atoms with van der Waals surface area (Å²) in [5.41, 5.74) is 4.00. The standard InChI is InChI=1S/C28H31ClN2O2/c1-20(2)30-28(33)26(17-22-7-5-4-6-8-22)31(19-24-13-15-25(29)16-14-24)27(32)18-23-11-9-21(3)10-12-23/h4-16,20,26H,17-19H2,1-3H3,(H,30,33)/t26-/m0/s1. The Hall–Kier alpha value is -3.11. The fourth-order valence-electron chi connectivity index (χ4n) is 3.70. The predicted octanol–water partition coefficient (Wildman–Crippen LogP) is 5.36. The van der Waals surface area contributed by atoms with Gasteiger partial charge in [-0.2, -0.15) is 0 Å². The van der Waals surface area contributed by atoms with E-state index >= 15 is 0 Å². The molecule has 0 aliphatic rings. The molecule has 3 aromatic rings. The molecule has 1 atom stereocenters. The molecule has 1 N–H and O–H groups in total. The third-order valence-corrected chi connectivity index (χ3v) is 5.70. The van der Waals surface area contributed by atoms with Gasteiger partial charge >= 0.3 is 0 Å². The topological polar surface area (TPSA) is 49.4 Å². The van der Waals surface area contributed by atoms with E-state index in [0.29, 0.717) is 18.0 Å². The summed E-state index contributed by atoms with van der Waals surface area (Å²) in [4.78, 5) is 28.6. The Bertz CT molecular complexity index is 1050. The minimum absolute atomic E-state index is 0.0274. The van der Waals surface area contributed by atoms with Crippen LogP contribution in [0.1, 0.15) is 36.1 Å². The van der Waals surface area contributed by atoms with E-state index in [1.807, 2.05) is 87.5 Å². The van der Waals surface area contributed by atoms with Crippen molar-refractivity contribution in [3.8, 4) is 0 Å². The SMILES string of the molecule is Cc1ccc(CC(=O)N(Cc2ccc(Cl)cc2)[C@@H](Cc2ccccc2)C(=O)NC(C)C)cc1. The molecule has 0 aliphatic carbocycles. The third kappa shape index (κ3) is 7.47. The van der Waals surface area contributed by atoms with Crippen LogP contribution >= 0.6 is 11.6 Å². The van der Waals surface area contributed by atoms with Gasteiger partial charge in [-0.1, -0.05) is 83.9 Å². The van der Waals surface area contributed by atoms with Crippen molar-refractivity contribution >= 4 is 23.4 Å². The summed E-state index contributed by atoms with van der Waals surface area (Å²) in [5.74, 6) is -0.242. The molecule has 0 aromatic heterocycles. The molecule has 0 heterocycles. The monoisotopic (exact) mass is 462 g/mol.